The Morgan fingerprint density at radius 3 is 2.29 bits per heavy atom. The van der Waals surface area contributed by atoms with Crippen molar-refractivity contribution in [2.75, 3.05) is 32.3 Å². The monoisotopic (exact) mass is 313 g/mol. The van der Waals surface area contributed by atoms with Crippen molar-refractivity contribution in [1.82, 2.24) is 5.32 Å². The lowest BCUT2D eigenvalue weighted by atomic mass is 10.00. The van der Waals surface area contributed by atoms with Gasteiger partial charge in [0.15, 0.2) is 9.84 Å². The van der Waals surface area contributed by atoms with Crippen LogP contribution in [0, 0.1) is 5.92 Å². The van der Waals surface area contributed by atoms with Gasteiger partial charge in [-0.15, -0.1) is 0 Å². The van der Waals surface area contributed by atoms with Crippen LogP contribution in [0.2, 0.25) is 0 Å². The van der Waals surface area contributed by atoms with Gasteiger partial charge in [0, 0.05) is 13.2 Å². The summed E-state index contributed by atoms with van der Waals surface area (Å²) < 4.78 is 28.9. The molecule has 1 unspecified atom stereocenters. The number of rotatable bonds is 9. The van der Waals surface area contributed by atoms with Gasteiger partial charge in [0.2, 0.25) is 0 Å². The molecule has 1 atom stereocenters. The number of sulfone groups is 1. The van der Waals surface area contributed by atoms with Crippen LogP contribution in [0.5, 0.6) is 0 Å². The van der Waals surface area contributed by atoms with Crippen LogP contribution in [-0.2, 0) is 21.0 Å². The van der Waals surface area contributed by atoms with E-state index in [4.69, 9.17) is 4.74 Å². The van der Waals surface area contributed by atoms with E-state index in [0.717, 1.165) is 12.0 Å². The van der Waals surface area contributed by atoms with E-state index >= 15 is 0 Å². The summed E-state index contributed by atoms with van der Waals surface area (Å²) in [6.07, 6.45) is 1.04. The first-order valence-corrected chi connectivity index (χ1v) is 9.15. The first-order chi connectivity index (χ1) is 9.88. The summed E-state index contributed by atoms with van der Waals surface area (Å²) in [5, 5.41) is 3.09. The van der Waals surface area contributed by atoms with E-state index in [1.54, 1.807) is 7.05 Å². The lowest BCUT2D eigenvalue weighted by Crippen LogP contribution is -2.27. The van der Waals surface area contributed by atoms with Crippen LogP contribution in [0.3, 0.4) is 0 Å². The van der Waals surface area contributed by atoms with Crippen molar-refractivity contribution in [3.05, 3.63) is 35.4 Å². The van der Waals surface area contributed by atoms with E-state index in [9.17, 15) is 8.42 Å². The maximum absolute atomic E-state index is 12.0. The molecule has 0 aromatic heterocycles. The van der Waals surface area contributed by atoms with E-state index in [2.05, 4.69) is 31.3 Å². The Morgan fingerprint density at radius 2 is 1.81 bits per heavy atom. The zero-order chi connectivity index (χ0) is 15.9. The van der Waals surface area contributed by atoms with E-state index in [0.29, 0.717) is 5.92 Å². The Bertz CT molecular complexity index is 509. The van der Waals surface area contributed by atoms with Crippen molar-refractivity contribution in [2.24, 2.45) is 5.92 Å². The Morgan fingerprint density at radius 1 is 1.19 bits per heavy atom. The molecule has 0 bridgehead atoms. The normalized spacial score (nSPS) is 13.6. The molecule has 1 rings (SSSR count). The molecule has 21 heavy (non-hydrogen) atoms. The number of hydrogen-bond donors (Lipinski definition) is 1. The molecule has 0 aliphatic carbocycles. The van der Waals surface area contributed by atoms with Crippen molar-refractivity contribution < 1.29 is 13.2 Å². The molecule has 0 aliphatic rings. The van der Waals surface area contributed by atoms with Gasteiger partial charge in [-0.2, -0.15) is 0 Å². The fourth-order valence-electron chi connectivity index (χ4n) is 2.25. The van der Waals surface area contributed by atoms with Crippen molar-refractivity contribution in [3.8, 4) is 0 Å². The molecule has 0 heterocycles. The summed E-state index contributed by atoms with van der Waals surface area (Å²) >= 11 is 0. The summed E-state index contributed by atoms with van der Waals surface area (Å²) in [5.74, 6) is 0.772. The molecule has 1 N–H and O–H groups in total. The molecule has 1 aromatic carbocycles. The van der Waals surface area contributed by atoms with Crippen LogP contribution in [0.15, 0.2) is 24.3 Å². The molecule has 1 aromatic rings. The average Bonchev–Trinajstić information content (AvgIpc) is 2.43. The van der Waals surface area contributed by atoms with E-state index in [1.807, 2.05) is 12.1 Å². The van der Waals surface area contributed by atoms with Gasteiger partial charge in [-0.1, -0.05) is 38.1 Å². The first-order valence-electron chi connectivity index (χ1n) is 7.33. The summed E-state index contributed by atoms with van der Waals surface area (Å²) in [7, 11) is 0.183. The molecule has 0 saturated heterocycles. The third-order valence-electron chi connectivity index (χ3n) is 3.39. The molecule has 0 aliphatic heterocycles. The third kappa shape index (κ3) is 6.59. The smallest absolute Gasteiger partial charge is 0.154 e. The van der Waals surface area contributed by atoms with Gasteiger partial charge in [0.05, 0.1) is 18.1 Å². The minimum Gasteiger partial charge on any atom is -0.384 e. The molecular weight excluding hydrogens is 286 g/mol. The zero-order valence-electron chi connectivity index (χ0n) is 13.4. The number of ether oxygens (including phenoxy) is 1. The van der Waals surface area contributed by atoms with Gasteiger partial charge in [-0.05, 0) is 30.5 Å². The van der Waals surface area contributed by atoms with Gasteiger partial charge < -0.3 is 10.1 Å². The molecule has 0 saturated carbocycles. The summed E-state index contributed by atoms with van der Waals surface area (Å²) in [6, 6.07) is 8.03. The van der Waals surface area contributed by atoms with Crippen molar-refractivity contribution in [1.29, 1.82) is 0 Å². The van der Waals surface area contributed by atoms with Crippen LogP contribution in [0.25, 0.3) is 0 Å². The number of hydrogen-bond acceptors (Lipinski definition) is 4. The van der Waals surface area contributed by atoms with Crippen LogP contribution in [0.4, 0.5) is 0 Å². The van der Waals surface area contributed by atoms with Crippen LogP contribution < -0.4 is 5.32 Å². The lowest BCUT2D eigenvalue weighted by molar-refractivity contribution is 0.217. The Kier molecular flexibility index (Phi) is 7.35. The molecule has 4 nitrogen and oxygen atoms in total. The molecule has 120 valence electrons. The molecule has 0 fully saturated rings. The van der Waals surface area contributed by atoms with Crippen molar-refractivity contribution in [2.45, 2.75) is 26.3 Å². The highest BCUT2D eigenvalue weighted by atomic mass is 32.2. The second-order valence-electron chi connectivity index (χ2n) is 5.79. The number of benzene rings is 1. The minimum absolute atomic E-state index is 0.0626. The van der Waals surface area contributed by atoms with Crippen molar-refractivity contribution >= 4 is 9.84 Å². The molecule has 0 radical (unpaired) electrons. The zero-order valence-corrected chi connectivity index (χ0v) is 14.2. The van der Waals surface area contributed by atoms with E-state index in [1.165, 1.54) is 12.7 Å². The molecule has 5 heteroatoms. The fourth-order valence-corrected chi connectivity index (χ4v) is 3.71. The van der Waals surface area contributed by atoms with Gasteiger partial charge in [0.25, 0.3) is 0 Å². The maximum atomic E-state index is 12.0. The third-order valence-corrected chi connectivity index (χ3v) is 5.02. The average molecular weight is 313 g/mol. The topological polar surface area (TPSA) is 55.4 Å². The molecule has 0 spiro atoms. The Labute approximate surface area is 128 Å². The molecule has 0 amide bonds. The minimum atomic E-state index is -3.12. The number of methoxy groups -OCH3 is 1. The van der Waals surface area contributed by atoms with Crippen LogP contribution in [0.1, 0.15) is 31.0 Å². The predicted molar refractivity (Wildman–Crippen MR) is 87.3 cm³/mol. The second-order valence-corrected chi connectivity index (χ2v) is 8.02. The molecular formula is C16H27NO3S. The predicted octanol–water partition coefficient (Wildman–Crippen LogP) is 2.21. The quantitative estimate of drug-likeness (QED) is 0.759. The van der Waals surface area contributed by atoms with Gasteiger partial charge >= 0.3 is 0 Å². The highest BCUT2D eigenvalue weighted by molar-refractivity contribution is 7.91. The summed E-state index contributed by atoms with van der Waals surface area (Å²) in [4.78, 5) is 0. The number of nitrogens with one attached hydrogen (secondary N) is 1. The van der Waals surface area contributed by atoms with Gasteiger partial charge in [0.1, 0.15) is 0 Å². The summed E-state index contributed by atoms with van der Waals surface area (Å²) in [6.45, 7) is 4.62. The standard InChI is InChI=1S/C16H27NO3S/c1-13(2)11-14-5-7-15(8-6-14)16(17-3)12-21(18,19)10-9-20-4/h5-8,13,16-17H,9-12H2,1-4H3. The lowest BCUT2D eigenvalue weighted by Gasteiger charge is -2.17. The highest BCUT2D eigenvalue weighted by Crippen LogP contribution is 2.17. The van der Waals surface area contributed by atoms with Crippen molar-refractivity contribution in [3.63, 3.8) is 0 Å². The van der Waals surface area contributed by atoms with Crippen LogP contribution >= 0.6 is 0 Å². The maximum Gasteiger partial charge on any atom is 0.154 e. The van der Waals surface area contributed by atoms with E-state index in [-0.39, 0.29) is 24.2 Å². The first kappa shape index (κ1) is 18.1. The largest absolute Gasteiger partial charge is 0.384 e. The second kappa shape index (κ2) is 8.51. The fraction of sp³-hybridized carbons (Fsp3) is 0.625. The van der Waals surface area contributed by atoms with Gasteiger partial charge in [-0.25, -0.2) is 8.42 Å². The van der Waals surface area contributed by atoms with E-state index < -0.39 is 9.84 Å². The van der Waals surface area contributed by atoms with Gasteiger partial charge in [-0.3, -0.25) is 0 Å². The SMILES string of the molecule is CNC(CS(=O)(=O)CCOC)c1ccc(CC(C)C)cc1. The highest BCUT2D eigenvalue weighted by Gasteiger charge is 2.19. The Balaban J connectivity index is 2.76. The Hall–Kier alpha value is -0.910. The van der Waals surface area contributed by atoms with Crippen LogP contribution in [-0.4, -0.2) is 40.7 Å². The summed E-state index contributed by atoms with van der Waals surface area (Å²) in [5.41, 5.74) is 2.29.